The molecule has 0 bridgehead atoms. The van der Waals surface area contributed by atoms with Crippen molar-refractivity contribution in [2.75, 3.05) is 42.9 Å². The van der Waals surface area contributed by atoms with Crippen molar-refractivity contribution in [1.82, 2.24) is 25.1 Å². The van der Waals surface area contributed by atoms with Gasteiger partial charge in [-0.25, -0.2) is 4.68 Å². The quantitative estimate of drug-likeness (QED) is 0.695. The van der Waals surface area contributed by atoms with Gasteiger partial charge in [0, 0.05) is 36.8 Å². The Labute approximate surface area is 174 Å². The molecule has 1 aromatic heterocycles. The minimum atomic E-state index is -0.212. The fourth-order valence-electron chi connectivity index (χ4n) is 3.45. The molecule has 0 saturated carbocycles. The average molecular weight is 412 g/mol. The Morgan fingerprint density at radius 2 is 1.97 bits per heavy atom. The first kappa shape index (κ1) is 19.4. The standard InChI is InChI=1S/C20H22ClN7O/c1-2-26-8-10-27(11-9-26)19-7-6-16(21)13-18(19)23-20(29)15-4-3-5-17(12-15)28-14-22-24-25-28/h3-7,12-14H,2,8-11H2,1H3,(H,23,29). The van der Waals surface area contributed by atoms with E-state index in [1.54, 1.807) is 24.3 Å². The second-order valence-electron chi connectivity index (χ2n) is 6.84. The highest BCUT2D eigenvalue weighted by Gasteiger charge is 2.20. The van der Waals surface area contributed by atoms with Crippen LogP contribution in [0.2, 0.25) is 5.02 Å². The van der Waals surface area contributed by atoms with Crippen LogP contribution in [0.4, 0.5) is 11.4 Å². The molecule has 0 radical (unpaired) electrons. The van der Waals surface area contributed by atoms with Crippen LogP contribution in [0.5, 0.6) is 0 Å². The van der Waals surface area contributed by atoms with E-state index in [0.717, 1.165) is 38.4 Å². The molecule has 2 heterocycles. The molecular weight excluding hydrogens is 390 g/mol. The molecule has 1 amide bonds. The summed E-state index contributed by atoms with van der Waals surface area (Å²) in [6.45, 7) is 7.05. The zero-order chi connectivity index (χ0) is 20.2. The van der Waals surface area contributed by atoms with Gasteiger partial charge in [-0.2, -0.15) is 0 Å². The maximum atomic E-state index is 12.9. The fraction of sp³-hybridized carbons (Fsp3) is 0.300. The number of benzene rings is 2. The van der Waals surface area contributed by atoms with Crippen LogP contribution in [0, 0.1) is 0 Å². The summed E-state index contributed by atoms with van der Waals surface area (Å²) in [6, 6.07) is 12.8. The van der Waals surface area contributed by atoms with E-state index in [-0.39, 0.29) is 5.91 Å². The van der Waals surface area contributed by atoms with Gasteiger partial charge in [-0.15, -0.1) is 5.10 Å². The van der Waals surface area contributed by atoms with Gasteiger partial charge in [0.2, 0.25) is 0 Å². The third-order valence-corrected chi connectivity index (χ3v) is 5.32. The third kappa shape index (κ3) is 4.38. The van der Waals surface area contributed by atoms with Crippen LogP contribution in [0.25, 0.3) is 5.69 Å². The number of rotatable bonds is 5. The fourth-order valence-corrected chi connectivity index (χ4v) is 3.62. The Kier molecular flexibility index (Phi) is 5.73. The van der Waals surface area contributed by atoms with E-state index in [1.807, 2.05) is 18.2 Å². The summed E-state index contributed by atoms with van der Waals surface area (Å²) >= 11 is 6.22. The molecule has 1 saturated heterocycles. The lowest BCUT2D eigenvalue weighted by Crippen LogP contribution is -2.46. The summed E-state index contributed by atoms with van der Waals surface area (Å²) in [7, 11) is 0. The van der Waals surface area contributed by atoms with Gasteiger partial charge < -0.3 is 15.1 Å². The van der Waals surface area contributed by atoms with Gasteiger partial charge in [-0.05, 0) is 53.4 Å². The topological polar surface area (TPSA) is 79.2 Å². The molecule has 1 aliphatic heterocycles. The molecule has 0 aliphatic carbocycles. The third-order valence-electron chi connectivity index (χ3n) is 5.09. The lowest BCUT2D eigenvalue weighted by atomic mass is 10.1. The van der Waals surface area contributed by atoms with Crippen molar-refractivity contribution in [3.63, 3.8) is 0 Å². The molecule has 4 rings (SSSR count). The molecule has 9 heteroatoms. The summed E-state index contributed by atoms with van der Waals surface area (Å²) in [5.74, 6) is -0.212. The van der Waals surface area contributed by atoms with Crippen molar-refractivity contribution in [2.24, 2.45) is 0 Å². The van der Waals surface area contributed by atoms with Crippen LogP contribution < -0.4 is 10.2 Å². The number of hydrogen-bond acceptors (Lipinski definition) is 6. The summed E-state index contributed by atoms with van der Waals surface area (Å²) < 4.78 is 1.51. The van der Waals surface area contributed by atoms with Crippen LogP contribution in [0.3, 0.4) is 0 Å². The predicted molar refractivity (Wildman–Crippen MR) is 113 cm³/mol. The van der Waals surface area contributed by atoms with Gasteiger partial charge in [-0.3, -0.25) is 4.79 Å². The van der Waals surface area contributed by atoms with Gasteiger partial charge in [0.1, 0.15) is 6.33 Å². The van der Waals surface area contributed by atoms with Crippen LogP contribution in [-0.2, 0) is 0 Å². The zero-order valence-corrected chi connectivity index (χ0v) is 16.9. The van der Waals surface area contributed by atoms with Crippen LogP contribution in [0.1, 0.15) is 17.3 Å². The number of carbonyl (C=O) groups excluding carboxylic acids is 1. The number of anilines is 2. The van der Waals surface area contributed by atoms with Gasteiger partial charge in [-0.1, -0.05) is 24.6 Å². The number of likely N-dealkylation sites (N-methyl/N-ethyl adjacent to an activating group) is 1. The Hall–Kier alpha value is -2.97. The normalized spacial score (nSPS) is 14.8. The number of tetrazole rings is 1. The number of aromatic nitrogens is 4. The lowest BCUT2D eigenvalue weighted by Gasteiger charge is -2.36. The maximum absolute atomic E-state index is 12.9. The van der Waals surface area contributed by atoms with E-state index in [1.165, 1.54) is 11.0 Å². The Morgan fingerprint density at radius 1 is 1.14 bits per heavy atom. The monoisotopic (exact) mass is 411 g/mol. The largest absolute Gasteiger partial charge is 0.367 e. The molecule has 1 fully saturated rings. The van der Waals surface area contributed by atoms with Crippen LogP contribution in [0.15, 0.2) is 48.8 Å². The molecule has 150 valence electrons. The van der Waals surface area contributed by atoms with Crippen LogP contribution >= 0.6 is 11.6 Å². The first-order valence-corrected chi connectivity index (χ1v) is 9.93. The van der Waals surface area contributed by atoms with Gasteiger partial charge in [0.15, 0.2) is 0 Å². The van der Waals surface area contributed by atoms with E-state index < -0.39 is 0 Å². The first-order chi connectivity index (χ1) is 14.1. The van der Waals surface area contributed by atoms with E-state index in [4.69, 9.17) is 11.6 Å². The minimum absolute atomic E-state index is 0.212. The van der Waals surface area contributed by atoms with Crippen molar-refractivity contribution in [1.29, 1.82) is 0 Å². The average Bonchev–Trinajstić information content (AvgIpc) is 3.29. The first-order valence-electron chi connectivity index (χ1n) is 9.55. The SMILES string of the molecule is CCN1CCN(c2ccc(Cl)cc2NC(=O)c2cccc(-n3cnnn3)c2)CC1. The van der Waals surface area contributed by atoms with E-state index >= 15 is 0 Å². The molecule has 3 aromatic rings. The van der Waals surface area contributed by atoms with Gasteiger partial charge in [0.25, 0.3) is 5.91 Å². The van der Waals surface area contributed by atoms with Crippen molar-refractivity contribution < 1.29 is 4.79 Å². The van der Waals surface area contributed by atoms with Gasteiger partial charge >= 0.3 is 0 Å². The number of amides is 1. The number of hydrogen-bond donors (Lipinski definition) is 1. The summed E-state index contributed by atoms with van der Waals surface area (Å²) in [6.07, 6.45) is 1.49. The van der Waals surface area contributed by atoms with E-state index in [9.17, 15) is 4.79 Å². The van der Waals surface area contributed by atoms with Crippen molar-refractivity contribution in [3.8, 4) is 5.69 Å². The molecule has 1 N–H and O–H groups in total. The summed E-state index contributed by atoms with van der Waals surface area (Å²) in [5, 5.41) is 14.7. The van der Waals surface area contributed by atoms with Crippen molar-refractivity contribution in [2.45, 2.75) is 6.92 Å². The Bertz CT molecular complexity index is 984. The molecule has 29 heavy (non-hydrogen) atoms. The molecule has 1 aliphatic rings. The second-order valence-corrected chi connectivity index (χ2v) is 7.28. The summed E-state index contributed by atoms with van der Waals surface area (Å²) in [5.41, 5.74) is 2.92. The highest BCUT2D eigenvalue weighted by Crippen LogP contribution is 2.30. The number of nitrogens with one attached hydrogen (secondary N) is 1. The molecule has 8 nitrogen and oxygen atoms in total. The lowest BCUT2D eigenvalue weighted by molar-refractivity contribution is 0.102. The number of piperazine rings is 1. The molecular formula is C20H22ClN7O. The maximum Gasteiger partial charge on any atom is 0.255 e. The number of carbonyl (C=O) groups is 1. The van der Waals surface area contributed by atoms with Crippen molar-refractivity contribution in [3.05, 3.63) is 59.4 Å². The number of nitrogens with zero attached hydrogens (tertiary/aromatic N) is 6. The second kappa shape index (κ2) is 8.59. The molecule has 0 unspecified atom stereocenters. The predicted octanol–water partition coefficient (Wildman–Crippen LogP) is 2.71. The van der Waals surface area contributed by atoms with Gasteiger partial charge in [0.05, 0.1) is 17.1 Å². The molecule has 0 atom stereocenters. The Balaban J connectivity index is 1.56. The number of halogens is 1. The van der Waals surface area contributed by atoms with Crippen LogP contribution in [-0.4, -0.2) is 63.7 Å². The van der Waals surface area contributed by atoms with E-state index in [0.29, 0.717) is 22.0 Å². The summed E-state index contributed by atoms with van der Waals surface area (Å²) in [4.78, 5) is 17.6. The zero-order valence-electron chi connectivity index (χ0n) is 16.1. The smallest absolute Gasteiger partial charge is 0.255 e. The van der Waals surface area contributed by atoms with Crippen molar-refractivity contribution >= 4 is 28.9 Å². The molecule has 0 spiro atoms. The van der Waals surface area contributed by atoms with E-state index in [2.05, 4.69) is 37.6 Å². The molecule has 2 aromatic carbocycles. The minimum Gasteiger partial charge on any atom is -0.367 e. The Morgan fingerprint density at radius 3 is 2.69 bits per heavy atom. The highest BCUT2D eigenvalue weighted by molar-refractivity contribution is 6.31. The highest BCUT2D eigenvalue weighted by atomic mass is 35.5.